The normalized spacial score (nSPS) is 14.4. The predicted molar refractivity (Wildman–Crippen MR) is 570 cm³/mol. The molecular weight excluding hydrogens is 1610 g/mol. The molecule has 0 atom stereocenters. The minimum atomic E-state index is -0.673. The Labute approximate surface area is 802 Å². The fourth-order valence-corrected chi connectivity index (χ4v) is 19.8. The lowest BCUT2D eigenvalue weighted by atomic mass is 9.33. The van der Waals surface area contributed by atoms with E-state index < -0.39 is 72.6 Å². The van der Waals surface area contributed by atoms with Crippen molar-refractivity contribution in [1.29, 1.82) is 0 Å². The monoisotopic (exact) mass is 1740 g/mol. The second kappa shape index (κ2) is 31.6. The smallest absolute Gasteiger partial charge is 0.252 e. The molecule has 0 radical (unpaired) electrons. The van der Waals surface area contributed by atoms with Gasteiger partial charge in [-0.25, -0.2) is 15.0 Å². The molecule has 0 N–H and O–H groups in total. The quantitative estimate of drug-likeness (QED) is 0.121. The molecule has 3 aromatic heterocycles. The summed E-state index contributed by atoms with van der Waals surface area (Å²) < 4.78 is 99.7. The number of hydrogen-bond donors (Lipinski definition) is 0. The highest BCUT2D eigenvalue weighted by Crippen LogP contribution is 2.57. The third kappa shape index (κ3) is 15.7. The van der Waals surface area contributed by atoms with Crippen molar-refractivity contribution in [2.45, 2.75) is 209 Å². The standard InChI is InChI=1S/C125H124BN7/c1-118(2,3)84-51-58-104-97(66-84)98-67-85(119(4,5)6)52-59-105(98)130(104)92-55-57-103-109(74-92)133(113-94(77-40-30-25-31-41-77)70-90(124(19,20)21)71-95(113)78-42-32-26-33-43-78)111-76-93(131-106-60-53-86(120(7,8)9)68-99(106)100-69-87(121(10,11)12)54-61-107(100)131)75-110-112(111)126(103)102-56-50-82(83-62-88(122(13,14)15)65-89(63-83)123(16,17)18)64-108(102)132(110)114-96(79-44-34-27-35-45-79)72-91(125(22,23)24)73-101(114)117-128-115(80-46-36-28-37-47-80)127-116(129-117)81-48-38-29-39-49-81/h25-76H,1-24H3/i28D,29D,36D,37D,38D,39D,46D,47D,48D,49D. The second-order valence-corrected chi connectivity index (χ2v) is 45.2. The molecular formula is C125H124BN7. The van der Waals surface area contributed by atoms with Crippen LogP contribution in [0.25, 0.3) is 134 Å². The van der Waals surface area contributed by atoms with E-state index in [4.69, 9.17) is 17.7 Å². The van der Waals surface area contributed by atoms with Crippen molar-refractivity contribution < 1.29 is 13.7 Å². The van der Waals surface area contributed by atoms with Gasteiger partial charge in [-0.05, 0) is 235 Å². The summed E-state index contributed by atoms with van der Waals surface area (Å²) in [5, 5.41) is 4.50. The summed E-state index contributed by atoms with van der Waals surface area (Å²) in [5.74, 6) is -0.853. The minimum Gasteiger partial charge on any atom is -0.310 e. The number of fused-ring (bicyclic) bond motifs is 10. The Kier molecular flexibility index (Phi) is 18.1. The summed E-state index contributed by atoms with van der Waals surface area (Å²) in [6, 6.07) is 89.5. The highest BCUT2D eigenvalue weighted by atomic mass is 15.2. The van der Waals surface area contributed by atoms with Crippen LogP contribution in [0.15, 0.2) is 315 Å². The molecule has 0 bridgehead atoms. The Morgan fingerprint density at radius 1 is 0.233 bits per heavy atom. The minimum absolute atomic E-state index is 0.0843. The second-order valence-electron chi connectivity index (χ2n) is 45.2. The Hall–Kier alpha value is -13.4. The molecule has 0 spiro atoms. The van der Waals surface area contributed by atoms with Crippen molar-refractivity contribution >= 4 is 101 Å². The number of hydrogen-bond acceptors (Lipinski definition) is 5. The average molecular weight is 1750 g/mol. The Morgan fingerprint density at radius 2 is 0.541 bits per heavy atom. The van der Waals surface area contributed by atoms with Crippen LogP contribution in [0.3, 0.4) is 0 Å². The van der Waals surface area contributed by atoms with Crippen LogP contribution in [0.4, 0.5) is 34.1 Å². The summed E-state index contributed by atoms with van der Waals surface area (Å²) in [6.45, 7) is 53.9. The van der Waals surface area contributed by atoms with Crippen LogP contribution in [-0.2, 0) is 43.3 Å². The first-order valence-electron chi connectivity index (χ1n) is 52.0. The molecule has 15 aromatic carbocycles. The molecule has 0 aliphatic carbocycles. The zero-order valence-corrected chi connectivity index (χ0v) is 81.5. The van der Waals surface area contributed by atoms with E-state index in [1.807, 2.05) is 18.2 Å². The summed E-state index contributed by atoms with van der Waals surface area (Å²) >= 11 is 0. The summed E-state index contributed by atoms with van der Waals surface area (Å²) in [5.41, 5.74) is 27.5. The van der Waals surface area contributed by atoms with E-state index in [1.54, 1.807) is 0 Å². The topological polar surface area (TPSA) is 55.0 Å². The first-order valence-corrected chi connectivity index (χ1v) is 47.0. The largest absolute Gasteiger partial charge is 0.310 e. The summed E-state index contributed by atoms with van der Waals surface area (Å²) in [4.78, 5) is 21.2. The van der Waals surface area contributed by atoms with E-state index in [-0.39, 0.29) is 66.5 Å². The molecule has 7 nitrogen and oxygen atoms in total. The van der Waals surface area contributed by atoms with Crippen LogP contribution in [-0.4, -0.2) is 30.8 Å². The number of benzene rings is 15. The van der Waals surface area contributed by atoms with E-state index in [0.29, 0.717) is 11.3 Å². The fourth-order valence-electron chi connectivity index (χ4n) is 19.8. The predicted octanol–water partition coefficient (Wildman–Crippen LogP) is 32.2. The lowest BCUT2D eigenvalue weighted by Gasteiger charge is -2.46. The fraction of sp³-hybridized carbons (Fsp3) is 0.256. The van der Waals surface area contributed by atoms with Crippen LogP contribution < -0.4 is 26.2 Å². The number of anilines is 6. The molecule has 662 valence electrons. The molecule has 18 aromatic rings. The maximum atomic E-state index is 9.84. The van der Waals surface area contributed by atoms with Gasteiger partial charge in [0.1, 0.15) is 0 Å². The third-order valence-electron chi connectivity index (χ3n) is 27.5. The molecule has 5 heterocycles. The van der Waals surface area contributed by atoms with Crippen molar-refractivity contribution in [3.05, 3.63) is 360 Å². The van der Waals surface area contributed by atoms with Crippen molar-refractivity contribution in [1.82, 2.24) is 24.1 Å². The molecule has 133 heavy (non-hydrogen) atoms. The molecule has 2 aliphatic heterocycles. The van der Waals surface area contributed by atoms with Gasteiger partial charge in [0.05, 0.1) is 52.8 Å². The lowest BCUT2D eigenvalue weighted by molar-refractivity contribution is 0.569. The first kappa shape index (κ1) is 76.2. The van der Waals surface area contributed by atoms with Gasteiger partial charge in [-0.3, -0.25) is 0 Å². The van der Waals surface area contributed by atoms with E-state index in [0.717, 1.165) is 155 Å². The van der Waals surface area contributed by atoms with Gasteiger partial charge in [0.25, 0.3) is 6.71 Å². The van der Waals surface area contributed by atoms with E-state index in [9.17, 15) is 11.0 Å². The molecule has 20 rings (SSSR count). The summed E-state index contributed by atoms with van der Waals surface area (Å²) in [7, 11) is 0. The van der Waals surface area contributed by atoms with Gasteiger partial charge >= 0.3 is 0 Å². The van der Waals surface area contributed by atoms with Crippen LogP contribution in [0.1, 0.15) is 224 Å². The van der Waals surface area contributed by atoms with Crippen molar-refractivity contribution in [2.75, 3.05) is 9.80 Å². The van der Waals surface area contributed by atoms with Gasteiger partial charge in [-0.15, -0.1) is 0 Å². The van der Waals surface area contributed by atoms with Crippen molar-refractivity contribution in [3.63, 3.8) is 0 Å². The van der Waals surface area contributed by atoms with Gasteiger partial charge in [0.15, 0.2) is 17.5 Å². The molecule has 0 amide bonds. The van der Waals surface area contributed by atoms with Crippen molar-refractivity contribution in [2.24, 2.45) is 0 Å². The van der Waals surface area contributed by atoms with Crippen LogP contribution in [0.2, 0.25) is 0 Å². The van der Waals surface area contributed by atoms with E-state index >= 15 is 0 Å². The van der Waals surface area contributed by atoms with Gasteiger partial charge < -0.3 is 18.9 Å². The first-order chi connectivity index (χ1) is 67.1. The SMILES string of the molecule is [2H]c1c([2H])c([2H])c(-c2nc(-c3cc(C(C)(C)C)cc(-c4ccccc4)c3N3c4cc(-c5cc(C(C)(C)C)cc(C(C)(C)C)c5)ccc4B4c5ccc(-n6c7ccc(C(C)(C)C)cc7c7cc(C(C)(C)C)ccc76)cc5N(c5c(-c6ccccc6)cc(C(C)(C)C)cc5-c5ccccc5)c5cc(-n6c7ccc(C(C)(C)C)cc7c7cc(C(C)(C)C)ccc76)cc3c54)nc(-c3c([2H])c([2H])c([2H])c([2H])c3[2H])n2)c([2H])c1[2H]. The van der Waals surface area contributed by atoms with Gasteiger partial charge in [-0.2, -0.15) is 0 Å². The van der Waals surface area contributed by atoms with Crippen molar-refractivity contribution in [3.8, 4) is 90.0 Å². The molecule has 0 saturated carbocycles. The maximum Gasteiger partial charge on any atom is 0.252 e. The zero-order valence-electron chi connectivity index (χ0n) is 91.5. The number of aromatic nitrogens is 5. The third-order valence-corrected chi connectivity index (χ3v) is 27.5. The van der Waals surface area contributed by atoms with E-state index in [2.05, 4.69) is 422 Å². The Balaban J connectivity index is 1.05. The van der Waals surface area contributed by atoms with Crippen LogP contribution in [0.5, 0.6) is 0 Å². The molecule has 8 heteroatoms. The van der Waals surface area contributed by atoms with Crippen LogP contribution >= 0.6 is 0 Å². The molecule has 0 fully saturated rings. The van der Waals surface area contributed by atoms with E-state index in [1.165, 1.54) is 33.4 Å². The summed E-state index contributed by atoms with van der Waals surface area (Å²) in [6.07, 6.45) is 0. The van der Waals surface area contributed by atoms with Gasteiger partial charge in [0, 0.05) is 83.4 Å². The molecule has 0 unspecified atom stereocenters. The Bertz CT molecular complexity index is 7970. The van der Waals surface area contributed by atoms with Gasteiger partial charge in [0.2, 0.25) is 0 Å². The Morgan fingerprint density at radius 3 is 0.902 bits per heavy atom. The molecule has 0 saturated heterocycles. The zero-order chi connectivity index (χ0) is 102. The highest BCUT2D eigenvalue weighted by molar-refractivity contribution is 7.00. The highest BCUT2D eigenvalue weighted by Gasteiger charge is 2.47. The lowest BCUT2D eigenvalue weighted by Crippen LogP contribution is -2.61. The van der Waals surface area contributed by atoms with Gasteiger partial charge in [-0.1, -0.05) is 378 Å². The number of nitrogens with zero attached hydrogens (tertiary/aromatic N) is 7. The molecule has 2 aliphatic rings. The van der Waals surface area contributed by atoms with Crippen LogP contribution in [0, 0.1) is 0 Å². The number of rotatable bonds is 11. The maximum absolute atomic E-state index is 9.84. The average Bonchev–Trinajstić information content (AvgIpc) is 1.06.